The lowest BCUT2D eigenvalue weighted by Gasteiger charge is -2.29. The van der Waals surface area contributed by atoms with E-state index in [0.29, 0.717) is 0 Å². The van der Waals surface area contributed by atoms with E-state index in [1.807, 2.05) is 11.8 Å². The molecule has 1 aromatic rings. The van der Waals surface area contributed by atoms with Crippen LogP contribution in [0.15, 0.2) is 12.4 Å². The van der Waals surface area contributed by atoms with Crippen molar-refractivity contribution in [1.82, 2.24) is 14.7 Å². The van der Waals surface area contributed by atoms with E-state index in [2.05, 4.69) is 5.10 Å². The first-order valence-corrected chi connectivity index (χ1v) is 5.70. The maximum Gasteiger partial charge on any atom is 0.247 e. The van der Waals surface area contributed by atoms with E-state index >= 15 is 0 Å². The summed E-state index contributed by atoms with van der Waals surface area (Å²) in [6.07, 6.45) is 6.21. The number of hydrogen-bond donors (Lipinski definition) is 1. The predicted molar refractivity (Wildman–Crippen MR) is 59.0 cm³/mol. The van der Waals surface area contributed by atoms with Gasteiger partial charge in [0.15, 0.2) is 5.75 Å². The minimum Gasteiger partial charge on any atom is -0.505 e. The molecule has 0 aromatic carbocycles. The number of rotatable bonds is 2. The van der Waals surface area contributed by atoms with Gasteiger partial charge in [0.1, 0.15) is 6.04 Å². The monoisotopic (exact) mass is 223 g/mol. The van der Waals surface area contributed by atoms with Gasteiger partial charge in [-0.15, -0.1) is 0 Å². The number of piperidine rings is 1. The van der Waals surface area contributed by atoms with Gasteiger partial charge in [-0.1, -0.05) is 0 Å². The van der Waals surface area contributed by atoms with Crippen LogP contribution in [0.5, 0.6) is 5.75 Å². The first kappa shape index (κ1) is 11.0. The molecule has 1 unspecified atom stereocenters. The van der Waals surface area contributed by atoms with Gasteiger partial charge >= 0.3 is 0 Å². The zero-order chi connectivity index (χ0) is 11.5. The second-order valence-corrected chi connectivity index (χ2v) is 4.24. The lowest BCUT2D eigenvalue weighted by molar-refractivity contribution is -0.135. The van der Waals surface area contributed by atoms with Crippen LogP contribution in [-0.2, 0) is 4.79 Å². The Balaban J connectivity index is 2.03. The van der Waals surface area contributed by atoms with Crippen molar-refractivity contribution in [1.29, 1.82) is 0 Å². The van der Waals surface area contributed by atoms with Crippen molar-refractivity contribution in [2.45, 2.75) is 32.2 Å². The molecular formula is C11H17N3O2. The molecule has 16 heavy (non-hydrogen) atoms. The minimum absolute atomic E-state index is 0.0859. The van der Waals surface area contributed by atoms with Crippen LogP contribution in [0.4, 0.5) is 0 Å². The normalized spacial score (nSPS) is 18.4. The third-order valence-electron chi connectivity index (χ3n) is 3.01. The fraction of sp³-hybridized carbons (Fsp3) is 0.636. The van der Waals surface area contributed by atoms with Crippen molar-refractivity contribution >= 4 is 5.91 Å². The van der Waals surface area contributed by atoms with Crippen LogP contribution in [0, 0.1) is 0 Å². The molecule has 1 amide bonds. The summed E-state index contributed by atoms with van der Waals surface area (Å²) in [4.78, 5) is 14.0. The van der Waals surface area contributed by atoms with Crippen LogP contribution < -0.4 is 0 Å². The number of carbonyl (C=O) groups excluding carboxylic acids is 1. The standard InChI is InChI=1S/C11H17N3O2/c1-9(14-8-10(15)7-12-14)11(16)13-5-3-2-4-6-13/h7-9,15H,2-6H2,1H3. The van der Waals surface area contributed by atoms with Gasteiger partial charge in [0.25, 0.3) is 0 Å². The van der Waals surface area contributed by atoms with Crippen LogP contribution in [0.3, 0.4) is 0 Å². The Morgan fingerprint density at radius 1 is 1.44 bits per heavy atom. The Bertz CT molecular complexity index is 369. The summed E-state index contributed by atoms with van der Waals surface area (Å²) in [5.74, 6) is 0.182. The molecule has 88 valence electrons. The number of aromatic nitrogens is 2. The van der Waals surface area contributed by atoms with Crippen molar-refractivity contribution in [2.24, 2.45) is 0 Å². The van der Waals surface area contributed by atoms with Crippen molar-refractivity contribution in [3.63, 3.8) is 0 Å². The molecule has 1 fully saturated rings. The topological polar surface area (TPSA) is 58.4 Å². The van der Waals surface area contributed by atoms with Gasteiger partial charge in [0.2, 0.25) is 5.91 Å². The average Bonchev–Trinajstić information content (AvgIpc) is 2.75. The first-order chi connectivity index (χ1) is 7.68. The molecule has 1 atom stereocenters. The van der Waals surface area contributed by atoms with E-state index in [1.165, 1.54) is 23.5 Å². The summed E-state index contributed by atoms with van der Waals surface area (Å²) in [5.41, 5.74) is 0. The number of aromatic hydroxyl groups is 1. The van der Waals surface area contributed by atoms with Gasteiger partial charge in [-0.25, -0.2) is 0 Å². The van der Waals surface area contributed by atoms with Crippen LogP contribution in [0.1, 0.15) is 32.2 Å². The van der Waals surface area contributed by atoms with Gasteiger partial charge in [-0.05, 0) is 26.2 Å². The third kappa shape index (κ3) is 2.18. The summed E-state index contributed by atoms with van der Waals surface area (Å²) in [7, 11) is 0. The first-order valence-electron chi connectivity index (χ1n) is 5.70. The molecule has 0 saturated carbocycles. The predicted octanol–water partition coefficient (Wildman–Crippen LogP) is 1.16. The molecule has 1 N–H and O–H groups in total. The van der Waals surface area contributed by atoms with Gasteiger partial charge in [0.05, 0.1) is 12.4 Å². The van der Waals surface area contributed by atoms with Crippen LogP contribution in [-0.4, -0.2) is 38.8 Å². The Hall–Kier alpha value is -1.52. The Morgan fingerprint density at radius 2 is 2.12 bits per heavy atom. The number of carbonyl (C=O) groups is 1. The largest absolute Gasteiger partial charge is 0.505 e. The molecule has 5 heteroatoms. The van der Waals surface area contributed by atoms with Crippen LogP contribution in [0.25, 0.3) is 0 Å². The number of nitrogens with zero attached hydrogens (tertiary/aromatic N) is 3. The fourth-order valence-electron chi connectivity index (χ4n) is 2.03. The van der Waals surface area contributed by atoms with Crippen molar-refractivity contribution in [2.75, 3.05) is 13.1 Å². The minimum atomic E-state index is -0.334. The molecular weight excluding hydrogens is 206 g/mol. The summed E-state index contributed by atoms with van der Waals surface area (Å²) < 4.78 is 1.51. The third-order valence-corrected chi connectivity index (χ3v) is 3.01. The van der Waals surface area contributed by atoms with Crippen molar-refractivity contribution < 1.29 is 9.90 Å². The molecule has 2 heterocycles. The summed E-state index contributed by atoms with van der Waals surface area (Å²) >= 11 is 0. The molecule has 2 rings (SSSR count). The second-order valence-electron chi connectivity index (χ2n) is 4.24. The highest BCUT2D eigenvalue weighted by Crippen LogP contribution is 2.16. The van der Waals surface area contributed by atoms with Gasteiger partial charge in [-0.3, -0.25) is 9.48 Å². The van der Waals surface area contributed by atoms with Crippen molar-refractivity contribution in [3.05, 3.63) is 12.4 Å². The number of hydrogen-bond acceptors (Lipinski definition) is 3. The quantitative estimate of drug-likeness (QED) is 0.818. The lowest BCUT2D eigenvalue weighted by Crippen LogP contribution is -2.39. The maximum atomic E-state index is 12.1. The zero-order valence-corrected chi connectivity index (χ0v) is 9.46. The average molecular weight is 223 g/mol. The summed E-state index contributed by atoms with van der Waals surface area (Å²) in [6, 6.07) is -0.334. The van der Waals surface area contributed by atoms with E-state index < -0.39 is 0 Å². The fourth-order valence-corrected chi connectivity index (χ4v) is 2.03. The summed E-state index contributed by atoms with van der Waals surface area (Å²) in [6.45, 7) is 3.50. The molecule has 0 radical (unpaired) electrons. The van der Waals surface area contributed by atoms with E-state index in [0.717, 1.165) is 25.9 Å². The van der Waals surface area contributed by atoms with E-state index in [9.17, 15) is 9.90 Å². The molecule has 1 saturated heterocycles. The molecule has 1 aliphatic heterocycles. The van der Waals surface area contributed by atoms with Gasteiger partial charge in [0, 0.05) is 13.1 Å². The van der Waals surface area contributed by atoms with Gasteiger partial charge < -0.3 is 10.0 Å². The lowest BCUT2D eigenvalue weighted by atomic mass is 10.1. The Kier molecular flexibility index (Phi) is 3.12. The van der Waals surface area contributed by atoms with Gasteiger partial charge in [-0.2, -0.15) is 5.10 Å². The SMILES string of the molecule is CC(C(=O)N1CCCCC1)n1cc(O)cn1. The van der Waals surface area contributed by atoms with E-state index in [-0.39, 0.29) is 17.7 Å². The van der Waals surface area contributed by atoms with E-state index in [4.69, 9.17) is 0 Å². The number of likely N-dealkylation sites (tertiary alicyclic amines) is 1. The van der Waals surface area contributed by atoms with E-state index in [1.54, 1.807) is 0 Å². The number of amides is 1. The maximum absolute atomic E-state index is 12.1. The molecule has 0 aliphatic carbocycles. The highest BCUT2D eigenvalue weighted by molar-refractivity contribution is 5.80. The Morgan fingerprint density at radius 3 is 2.69 bits per heavy atom. The molecule has 5 nitrogen and oxygen atoms in total. The van der Waals surface area contributed by atoms with Crippen molar-refractivity contribution in [3.8, 4) is 5.75 Å². The zero-order valence-electron chi connectivity index (χ0n) is 9.46. The van der Waals surface area contributed by atoms with Crippen LogP contribution >= 0.6 is 0 Å². The van der Waals surface area contributed by atoms with Crippen LogP contribution in [0.2, 0.25) is 0 Å². The Labute approximate surface area is 94.7 Å². The molecule has 1 aromatic heterocycles. The summed E-state index contributed by atoms with van der Waals surface area (Å²) in [5, 5.41) is 13.1. The molecule has 0 spiro atoms. The molecule has 1 aliphatic rings. The highest BCUT2D eigenvalue weighted by Gasteiger charge is 2.23. The highest BCUT2D eigenvalue weighted by atomic mass is 16.3. The molecule has 0 bridgehead atoms. The smallest absolute Gasteiger partial charge is 0.247 e. The second kappa shape index (κ2) is 4.55.